The first-order valence-corrected chi connectivity index (χ1v) is 7.07. The molecule has 0 aliphatic carbocycles. The topological polar surface area (TPSA) is 75.4 Å². The fourth-order valence-corrected chi connectivity index (χ4v) is 2.78. The van der Waals surface area contributed by atoms with Gasteiger partial charge in [0.1, 0.15) is 0 Å². The SMILES string of the molecule is C=CCNC(=O)CN1c2ccccc2[C@@H](C(N)=O)C[C@@H]1C. The Morgan fingerprint density at radius 3 is 2.86 bits per heavy atom. The van der Waals surface area contributed by atoms with E-state index in [0.717, 1.165) is 11.3 Å². The van der Waals surface area contributed by atoms with Gasteiger partial charge in [-0.1, -0.05) is 24.3 Å². The van der Waals surface area contributed by atoms with Crippen molar-refractivity contribution in [2.75, 3.05) is 18.0 Å². The number of fused-ring (bicyclic) bond motifs is 1. The summed E-state index contributed by atoms with van der Waals surface area (Å²) in [5, 5.41) is 2.77. The number of hydrogen-bond acceptors (Lipinski definition) is 3. The van der Waals surface area contributed by atoms with E-state index in [-0.39, 0.29) is 30.3 Å². The van der Waals surface area contributed by atoms with Crippen LogP contribution in [0.1, 0.15) is 24.8 Å². The largest absolute Gasteiger partial charge is 0.369 e. The van der Waals surface area contributed by atoms with E-state index in [9.17, 15) is 9.59 Å². The van der Waals surface area contributed by atoms with Gasteiger partial charge >= 0.3 is 0 Å². The van der Waals surface area contributed by atoms with E-state index in [1.165, 1.54) is 0 Å². The van der Waals surface area contributed by atoms with Gasteiger partial charge in [0.2, 0.25) is 11.8 Å². The molecule has 3 N–H and O–H groups in total. The smallest absolute Gasteiger partial charge is 0.239 e. The lowest BCUT2D eigenvalue weighted by Gasteiger charge is -2.39. The maximum atomic E-state index is 11.9. The Hall–Kier alpha value is -2.30. The van der Waals surface area contributed by atoms with Gasteiger partial charge in [-0.15, -0.1) is 6.58 Å². The summed E-state index contributed by atoms with van der Waals surface area (Å²) in [6, 6.07) is 7.71. The lowest BCUT2D eigenvalue weighted by Crippen LogP contribution is -2.46. The van der Waals surface area contributed by atoms with Crippen LogP contribution in [-0.4, -0.2) is 30.9 Å². The second-order valence-corrected chi connectivity index (χ2v) is 5.32. The van der Waals surface area contributed by atoms with Gasteiger partial charge in [0.25, 0.3) is 0 Å². The monoisotopic (exact) mass is 287 g/mol. The molecule has 112 valence electrons. The number of amides is 2. The fourth-order valence-electron chi connectivity index (χ4n) is 2.78. The number of rotatable bonds is 5. The molecule has 0 radical (unpaired) electrons. The number of carbonyl (C=O) groups excluding carboxylic acids is 2. The minimum atomic E-state index is -0.315. The molecule has 0 saturated carbocycles. The Kier molecular flexibility index (Phi) is 4.62. The molecule has 1 aliphatic rings. The molecule has 1 aliphatic heterocycles. The van der Waals surface area contributed by atoms with E-state index in [2.05, 4.69) is 11.9 Å². The molecule has 2 amide bonds. The van der Waals surface area contributed by atoms with Gasteiger partial charge in [-0.05, 0) is 25.0 Å². The van der Waals surface area contributed by atoms with Crippen LogP contribution in [0.2, 0.25) is 0 Å². The first-order chi connectivity index (χ1) is 10.0. The highest BCUT2D eigenvalue weighted by Crippen LogP contribution is 2.37. The number of carbonyl (C=O) groups is 2. The molecule has 5 nitrogen and oxygen atoms in total. The Balaban J connectivity index is 2.26. The maximum absolute atomic E-state index is 11.9. The van der Waals surface area contributed by atoms with Crippen molar-refractivity contribution in [3.63, 3.8) is 0 Å². The van der Waals surface area contributed by atoms with Crippen LogP contribution >= 0.6 is 0 Å². The zero-order valence-electron chi connectivity index (χ0n) is 12.2. The number of nitrogens with zero attached hydrogens (tertiary/aromatic N) is 1. The normalized spacial score (nSPS) is 20.5. The molecule has 2 rings (SSSR count). The summed E-state index contributed by atoms with van der Waals surface area (Å²) in [6.07, 6.45) is 2.27. The van der Waals surface area contributed by atoms with Crippen LogP contribution in [0.25, 0.3) is 0 Å². The van der Waals surface area contributed by atoms with Crippen molar-refractivity contribution in [3.05, 3.63) is 42.5 Å². The number of benzene rings is 1. The Bertz CT molecular complexity index is 556. The first-order valence-electron chi connectivity index (χ1n) is 7.07. The third-order valence-corrected chi connectivity index (χ3v) is 3.83. The van der Waals surface area contributed by atoms with Crippen molar-refractivity contribution in [1.82, 2.24) is 5.32 Å². The summed E-state index contributed by atoms with van der Waals surface area (Å²) >= 11 is 0. The lowest BCUT2D eigenvalue weighted by molar-refractivity contribution is -0.119. The van der Waals surface area contributed by atoms with Gasteiger partial charge in [-0.2, -0.15) is 0 Å². The third-order valence-electron chi connectivity index (χ3n) is 3.83. The van der Waals surface area contributed by atoms with E-state index >= 15 is 0 Å². The van der Waals surface area contributed by atoms with Gasteiger partial charge in [0.15, 0.2) is 0 Å². The molecular weight excluding hydrogens is 266 g/mol. The Morgan fingerprint density at radius 1 is 1.48 bits per heavy atom. The van der Waals surface area contributed by atoms with Gasteiger partial charge in [0.05, 0.1) is 12.5 Å². The van der Waals surface area contributed by atoms with Crippen LogP contribution in [0, 0.1) is 0 Å². The maximum Gasteiger partial charge on any atom is 0.239 e. The van der Waals surface area contributed by atoms with Gasteiger partial charge in [-0.25, -0.2) is 0 Å². The molecule has 1 aromatic carbocycles. The minimum Gasteiger partial charge on any atom is -0.369 e. The molecule has 0 aromatic heterocycles. The summed E-state index contributed by atoms with van der Waals surface area (Å²) in [4.78, 5) is 25.6. The van der Waals surface area contributed by atoms with Gasteiger partial charge in [0, 0.05) is 18.3 Å². The van der Waals surface area contributed by atoms with Crippen LogP contribution in [-0.2, 0) is 9.59 Å². The number of hydrogen-bond donors (Lipinski definition) is 2. The van der Waals surface area contributed by atoms with E-state index in [0.29, 0.717) is 13.0 Å². The Morgan fingerprint density at radius 2 is 2.19 bits per heavy atom. The zero-order chi connectivity index (χ0) is 15.4. The van der Waals surface area contributed by atoms with Crippen molar-refractivity contribution in [2.24, 2.45) is 5.73 Å². The predicted molar refractivity (Wildman–Crippen MR) is 83.0 cm³/mol. The van der Waals surface area contributed by atoms with Crippen LogP contribution < -0.4 is 16.0 Å². The summed E-state index contributed by atoms with van der Waals surface area (Å²) in [5.74, 6) is -0.664. The molecule has 1 heterocycles. The van der Waals surface area contributed by atoms with Gasteiger partial charge in [-0.3, -0.25) is 9.59 Å². The fraction of sp³-hybridized carbons (Fsp3) is 0.375. The van der Waals surface area contributed by atoms with Crippen molar-refractivity contribution >= 4 is 17.5 Å². The van der Waals surface area contributed by atoms with E-state index in [4.69, 9.17) is 5.73 Å². The Labute approximate surface area is 124 Å². The molecule has 5 heteroatoms. The molecule has 0 spiro atoms. The van der Waals surface area contributed by atoms with E-state index in [1.807, 2.05) is 36.1 Å². The third kappa shape index (κ3) is 3.24. The van der Waals surface area contributed by atoms with Crippen molar-refractivity contribution in [3.8, 4) is 0 Å². The number of nitrogens with two attached hydrogens (primary N) is 1. The lowest BCUT2D eigenvalue weighted by atomic mass is 9.85. The molecule has 21 heavy (non-hydrogen) atoms. The summed E-state index contributed by atoms with van der Waals surface area (Å²) < 4.78 is 0. The number of primary amides is 1. The summed E-state index contributed by atoms with van der Waals surface area (Å²) in [5.41, 5.74) is 7.32. The van der Waals surface area contributed by atoms with Crippen molar-refractivity contribution < 1.29 is 9.59 Å². The molecule has 0 saturated heterocycles. The quantitative estimate of drug-likeness (QED) is 0.798. The van der Waals surface area contributed by atoms with Crippen LogP contribution in [0.5, 0.6) is 0 Å². The van der Waals surface area contributed by atoms with Gasteiger partial charge < -0.3 is 16.0 Å². The number of nitrogens with one attached hydrogen (secondary N) is 1. The van der Waals surface area contributed by atoms with Crippen LogP contribution in [0.3, 0.4) is 0 Å². The van der Waals surface area contributed by atoms with Crippen molar-refractivity contribution in [2.45, 2.75) is 25.3 Å². The highest BCUT2D eigenvalue weighted by Gasteiger charge is 2.33. The van der Waals surface area contributed by atoms with E-state index < -0.39 is 0 Å². The predicted octanol–water partition coefficient (Wildman–Crippen LogP) is 1.16. The second kappa shape index (κ2) is 6.43. The molecular formula is C16H21N3O2. The molecule has 0 unspecified atom stereocenters. The molecule has 1 aromatic rings. The van der Waals surface area contributed by atoms with Crippen molar-refractivity contribution in [1.29, 1.82) is 0 Å². The second-order valence-electron chi connectivity index (χ2n) is 5.32. The average Bonchev–Trinajstić information content (AvgIpc) is 2.47. The molecule has 2 atom stereocenters. The minimum absolute atomic E-state index is 0.0610. The molecule has 0 fully saturated rings. The van der Waals surface area contributed by atoms with E-state index in [1.54, 1.807) is 6.08 Å². The number of para-hydroxylation sites is 1. The highest BCUT2D eigenvalue weighted by molar-refractivity contribution is 5.87. The first kappa shape index (κ1) is 15.1. The average molecular weight is 287 g/mol. The zero-order valence-corrected chi connectivity index (χ0v) is 12.2. The summed E-state index contributed by atoms with van der Waals surface area (Å²) in [6.45, 7) is 6.30. The van der Waals surface area contributed by atoms with Crippen LogP contribution in [0.4, 0.5) is 5.69 Å². The number of anilines is 1. The summed E-state index contributed by atoms with van der Waals surface area (Å²) in [7, 11) is 0. The molecule has 0 bridgehead atoms. The highest BCUT2D eigenvalue weighted by atomic mass is 16.2. The van der Waals surface area contributed by atoms with Crippen LogP contribution in [0.15, 0.2) is 36.9 Å². The standard InChI is InChI=1S/C16H21N3O2/c1-3-8-18-15(20)10-19-11(2)9-13(16(17)21)12-6-4-5-7-14(12)19/h3-7,11,13H,1,8-10H2,2H3,(H2,17,21)(H,18,20)/t11-,13-/m0/s1.